The topological polar surface area (TPSA) is 225 Å². The molecule has 4 N–H and O–H groups in total. The highest BCUT2D eigenvalue weighted by molar-refractivity contribution is 7.10. The number of aromatic nitrogens is 4. The Bertz CT molecular complexity index is 2650. The fourth-order valence-corrected chi connectivity index (χ4v) is 10.7. The number of fused-ring (bicyclic) bond motifs is 6. The Morgan fingerprint density at radius 1 is 1.06 bits per heavy atom. The van der Waals surface area contributed by atoms with Gasteiger partial charge >= 0.3 is 5.97 Å². The molecule has 3 saturated heterocycles. The van der Waals surface area contributed by atoms with Gasteiger partial charge in [-0.05, 0) is 49.3 Å². The van der Waals surface area contributed by atoms with Gasteiger partial charge in [0.2, 0.25) is 11.6 Å². The molecule has 7 heterocycles. The van der Waals surface area contributed by atoms with Crippen LogP contribution in [0.2, 0.25) is 0 Å². The van der Waals surface area contributed by atoms with E-state index in [9.17, 15) is 34.2 Å². The van der Waals surface area contributed by atoms with E-state index in [2.05, 4.69) is 61.1 Å². The summed E-state index contributed by atoms with van der Waals surface area (Å²) < 4.78 is 13.5. The second-order valence-corrected chi connectivity index (χ2v) is 20.6. The van der Waals surface area contributed by atoms with Gasteiger partial charge in [-0.15, -0.1) is 11.3 Å². The predicted molar refractivity (Wildman–Crippen MR) is 255 cm³/mol. The van der Waals surface area contributed by atoms with Gasteiger partial charge in [0, 0.05) is 104 Å². The number of aliphatic hydroxyl groups is 2. The first-order valence-electron chi connectivity index (χ1n) is 23.6. The third-order valence-corrected chi connectivity index (χ3v) is 14.3. The number of hydrogen-bond donors (Lipinski definition) is 4. The Morgan fingerprint density at radius 3 is 2.54 bits per heavy atom. The summed E-state index contributed by atoms with van der Waals surface area (Å²) >= 11 is 1.32. The monoisotopic (exact) mass is 966 g/mol. The van der Waals surface area contributed by atoms with Crippen LogP contribution in [0.15, 0.2) is 42.3 Å². The number of thiazole rings is 1. The molecule has 4 aliphatic heterocycles. The van der Waals surface area contributed by atoms with Crippen molar-refractivity contribution in [3.8, 4) is 34.4 Å². The van der Waals surface area contributed by atoms with Crippen molar-refractivity contribution in [2.75, 3.05) is 66.1 Å². The molecule has 3 aromatic heterocycles. The zero-order valence-electron chi connectivity index (χ0n) is 40.1. The number of benzene rings is 1. The highest BCUT2D eigenvalue weighted by Gasteiger charge is 2.49. The summed E-state index contributed by atoms with van der Waals surface area (Å²) in [5.74, 6) is 1.51. The molecule has 4 aliphatic rings. The van der Waals surface area contributed by atoms with Crippen LogP contribution in [0.25, 0.3) is 33.4 Å². The lowest BCUT2D eigenvalue weighted by Gasteiger charge is -2.40. The van der Waals surface area contributed by atoms with Gasteiger partial charge in [-0.3, -0.25) is 29.1 Å². The van der Waals surface area contributed by atoms with Crippen molar-refractivity contribution in [2.45, 2.75) is 96.7 Å². The number of hydrogen-bond acceptors (Lipinski definition) is 15. The van der Waals surface area contributed by atoms with E-state index in [1.807, 2.05) is 25.3 Å². The lowest BCUT2D eigenvalue weighted by Crippen LogP contribution is -2.67. The largest absolute Gasteiger partial charge is 0.462 e. The molecule has 1 aromatic carbocycles. The van der Waals surface area contributed by atoms with Gasteiger partial charge in [0.25, 0.3) is 17.7 Å². The number of ether oxygens (including phenoxy) is 2. The molecule has 1 unspecified atom stereocenters. The first-order valence-corrected chi connectivity index (χ1v) is 24.5. The van der Waals surface area contributed by atoms with Crippen molar-refractivity contribution in [1.82, 2.24) is 50.0 Å². The van der Waals surface area contributed by atoms with Crippen LogP contribution in [-0.4, -0.2) is 169 Å². The Balaban J connectivity index is 1.08. The molecule has 6 bridgehead atoms. The summed E-state index contributed by atoms with van der Waals surface area (Å²) in [6, 6.07) is 3.70. The van der Waals surface area contributed by atoms with Crippen LogP contribution < -0.4 is 10.7 Å². The summed E-state index contributed by atoms with van der Waals surface area (Å²) in [4.78, 5) is 88.6. The second kappa shape index (κ2) is 20.3. The highest BCUT2D eigenvalue weighted by Crippen LogP contribution is 2.40. The lowest BCUT2D eigenvalue weighted by atomic mass is 9.84. The van der Waals surface area contributed by atoms with Gasteiger partial charge in [-0.1, -0.05) is 39.7 Å². The zero-order valence-corrected chi connectivity index (χ0v) is 40.9. The number of rotatable bonds is 8. The van der Waals surface area contributed by atoms with E-state index in [0.29, 0.717) is 56.5 Å². The third kappa shape index (κ3) is 10.5. The number of likely N-dealkylation sites (tertiary alicyclic amines) is 1. The van der Waals surface area contributed by atoms with Crippen molar-refractivity contribution >= 4 is 51.8 Å². The smallest absolute Gasteiger partial charge is 0.355 e. The number of nitrogens with one attached hydrogen (secondary N) is 2. The lowest BCUT2D eigenvalue weighted by molar-refractivity contribution is -0.189. The van der Waals surface area contributed by atoms with Crippen molar-refractivity contribution < 1.29 is 43.7 Å². The van der Waals surface area contributed by atoms with Crippen molar-refractivity contribution in [2.24, 2.45) is 11.3 Å². The first kappa shape index (κ1) is 49.6. The molecule has 0 radical (unpaired) electrons. The van der Waals surface area contributed by atoms with Crippen LogP contribution in [0, 0.1) is 23.2 Å². The van der Waals surface area contributed by atoms with Crippen LogP contribution in [0.4, 0.5) is 0 Å². The number of carbonyl (C=O) groups excluding carboxylic acids is 5. The molecule has 8 rings (SSSR count). The Hall–Kier alpha value is -5.82. The number of aryl methyl sites for hydroxylation is 1. The third-order valence-electron chi connectivity index (χ3n) is 13.4. The molecule has 20 heteroatoms. The highest BCUT2D eigenvalue weighted by atomic mass is 32.1. The number of carbonyl (C=O) groups is 5. The van der Waals surface area contributed by atoms with Gasteiger partial charge in [0.15, 0.2) is 5.60 Å². The average molecular weight is 967 g/mol. The Labute approximate surface area is 405 Å². The number of likely N-dealkylation sites (N-methyl/N-ethyl adjacent to an activating group) is 1. The molecule has 368 valence electrons. The number of morpholine rings is 1. The van der Waals surface area contributed by atoms with E-state index < -0.39 is 64.3 Å². The Morgan fingerprint density at radius 2 is 1.81 bits per heavy atom. The van der Waals surface area contributed by atoms with E-state index in [1.54, 1.807) is 26.2 Å². The van der Waals surface area contributed by atoms with E-state index in [0.717, 1.165) is 38.3 Å². The molecule has 19 nitrogen and oxygen atoms in total. The maximum absolute atomic E-state index is 14.7. The van der Waals surface area contributed by atoms with E-state index >= 15 is 0 Å². The summed E-state index contributed by atoms with van der Waals surface area (Å²) in [6.07, 6.45) is 5.60. The summed E-state index contributed by atoms with van der Waals surface area (Å²) in [5.41, 5.74) is 3.13. The van der Waals surface area contributed by atoms with Gasteiger partial charge in [-0.2, -0.15) is 5.43 Å². The SMILES string of the molecule is CCn1c(-c2cncnc2)c2c3cc(ccc31)-c1csc(n1)C[C@H](NC(=O)[C@H](C(C)C)N(C)C(=O)C1(O)CCN(C(=O)C#CCN3CCOCC3)C1)C(=O)N1CCC[C@@](O)(N1)C(=O)OCC(C)(C)C2. The van der Waals surface area contributed by atoms with Crippen molar-refractivity contribution in [1.29, 1.82) is 0 Å². The second-order valence-electron chi connectivity index (χ2n) is 19.6. The summed E-state index contributed by atoms with van der Waals surface area (Å²) in [7, 11) is 1.42. The van der Waals surface area contributed by atoms with Gasteiger partial charge in [0.1, 0.15) is 18.4 Å². The fourth-order valence-electron chi connectivity index (χ4n) is 9.84. The van der Waals surface area contributed by atoms with Crippen LogP contribution in [-0.2, 0) is 52.8 Å². The minimum Gasteiger partial charge on any atom is -0.462 e. The molecule has 0 aliphatic carbocycles. The zero-order chi connectivity index (χ0) is 49.3. The number of hydrazine groups is 1. The quantitative estimate of drug-likeness (QED) is 0.147. The maximum Gasteiger partial charge on any atom is 0.355 e. The molecule has 0 saturated carbocycles. The molecular weight excluding hydrogens is 905 g/mol. The number of amides is 4. The van der Waals surface area contributed by atoms with Crippen LogP contribution in [0.1, 0.15) is 64.5 Å². The average Bonchev–Trinajstić information content (AvgIpc) is 4.06. The van der Waals surface area contributed by atoms with Crippen LogP contribution in [0.5, 0.6) is 0 Å². The number of β-amino-alcohol motifs (C(OH)–C–C–N with tert-alkyl or cyclic N) is 1. The van der Waals surface area contributed by atoms with Crippen LogP contribution >= 0.6 is 11.3 Å². The fraction of sp³-hybridized carbons (Fsp3) is 0.551. The summed E-state index contributed by atoms with van der Waals surface area (Å²) in [6.45, 7) is 13.1. The Kier molecular flexibility index (Phi) is 14.6. The van der Waals surface area contributed by atoms with Crippen LogP contribution in [0.3, 0.4) is 0 Å². The molecule has 0 spiro atoms. The molecule has 69 heavy (non-hydrogen) atoms. The minimum atomic E-state index is -2.26. The number of cyclic esters (lactones) is 1. The normalized spacial score (nSPS) is 23.8. The number of esters is 1. The minimum absolute atomic E-state index is 0.0386. The predicted octanol–water partition coefficient (Wildman–Crippen LogP) is 1.99. The molecule has 4 atom stereocenters. The van der Waals surface area contributed by atoms with Gasteiger partial charge in [0.05, 0.1) is 49.3 Å². The molecular formula is C49H62N10O9S. The number of nitrogens with zero attached hydrogens (tertiary/aromatic N) is 8. The van der Waals surface area contributed by atoms with Crippen molar-refractivity contribution in [3.05, 3.63) is 52.9 Å². The standard InChI is InChI=1S/C49H62N10O9S/c1-7-58-38-12-11-32-22-34(38)35(42(58)33-25-50-30-51-26-33)24-47(4,5)29-68-46(64)49(66)13-9-16-59(54-49)44(62)36(23-39-52-37(32)27-69-39)53-43(61)41(31(2)3)55(6)45(63)48(65)14-17-57(28-48)40(60)10-8-15-56-18-20-67-21-19-56/h11-12,22,25-27,30-31,36,41,54,65-66H,7,9,13-21,23-24,28-29H2,1-6H3,(H,53,61)/t36-,41-,48?,49-/m0/s1. The molecule has 4 amide bonds. The summed E-state index contributed by atoms with van der Waals surface area (Å²) in [5, 5.41) is 30.9. The molecule has 3 fully saturated rings. The molecule has 4 aromatic rings. The van der Waals surface area contributed by atoms with E-state index in [1.165, 1.54) is 34.5 Å². The van der Waals surface area contributed by atoms with Gasteiger partial charge < -0.3 is 39.4 Å². The van der Waals surface area contributed by atoms with Crippen molar-refractivity contribution in [3.63, 3.8) is 0 Å². The maximum atomic E-state index is 14.7. The van der Waals surface area contributed by atoms with Gasteiger partial charge in [-0.25, -0.2) is 19.7 Å². The first-order chi connectivity index (χ1) is 32.9. The van der Waals surface area contributed by atoms with E-state index in [4.69, 9.17) is 14.5 Å². The van der Waals surface area contributed by atoms with E-state index in [-0.39, 0.29) is 51.9 Å².